The number of pyridine rings is 1. The van der Waals surface area contributed by atoms with Crippen molar-refractivity contribution < 1.29 is 4.79 Å². The van der Waals surface area contributed by atoms with Crippen molar-refractivity contribution in [3.05, 3.63) is 24.5 Å². The summed E-state index contributed by atoms with van der Waals surface area (Å²) in [5.74, 6) is 1.15. The zero-order chi connectivity index (χ0) is 15.9. The van der Waals surface area contributed by atoms with Gasteiger partial charge in [-0.1, -0.05) is 25.6 Å². The molecule has 6 nitrogen and oxygen atoms in total. The van der Waals surface area contributed by atoms with Gasteiger partial charge in [0.1, 0.15) is 0 Å². The Balaban J connectivity index is 1.97. The highest BCUT2D eigenvalue weighted by Gasteiger charge is 2.14. The fourth-order valence-electron chi connectivity index (χ4n) is 2.09. The van der Waals surface area contributed by atoms with Crippen LogP contribution in [0.1, 0.15) is 26.7 Å². The van der Waals surface area contributed by atoms with Crippen LogP contribution in [0.2, 0.25) is 0 Å². The van der Waals surface area contributed by atoms with E-state index >= 15 is 0 Å². The molecule has 118 valence electrons. The summed E-state index contributed by atoms with van der Waals surface area (Å²) in [6.07, 6.45) is 5.34. The van der Waals surface area contributed by atoms with Gasteiger partial charge in [0.15, 0.2) is 11.0 Å². The Bertz CT molecular complexity index is 610. The topological polar surface area (TPSA) is 72.7 Å². The number of hydrogen-bond donors (Lipinski definition) is 1. The number of amides is 1. The molecule has 0 aliphatic heterocycles. The van der Waals surface area contributed by atoms with Crippen LogP contribution in [0, 0.1) is 0 Å². The van der Waals surface area contributed by atoms with Crippen LogP contribution in [0.4, 0.5) is 0 Å². The van der Waals surface area contributed by atoms with Crippen LogP contribution in [0.15, 0.2) is 29.7 Å². The van der Waals surface area contributed by atoms with Gasteiger partial charge in [-0.15, -0.1) is 10.2 Å². The molecule has 2 aromatic rings. The highest BCUT2D eigenvalue weighted by Crippen LogP contribution is 2.21. The summed E-state index contributed by atoms with van der Waals surface area (Å²) < 4.78 is 1.89. The van der Waals surface area contributed by atoms with Crippen molar-refractivity contribution in [1.29, 1.82) is 0 Å². The van der Waals surface area contributed by atoms with E-state index in [2.05, 4.69) is 34.3 Å². The lowest BCUT2D eigenvalue weighted by atomic mass is 10.2. The second kappa shape index (κ2) is 7.93. The van der Waals surface area contributed by atoms with Crippen molar-refractivity contribution in [1.82, 2.24) is 25.1 Å². The maximum Gasteiger partial charge on any atom is 0.230 e. The largest absolute Gasteiger partial charge is 0.353 e. The molecule has 0 spiro atoms. The SMILES string of the molecule is CCC(CC)NC(=O)CSc1nnc(-c2ccncc2)n1C. The number of aromatic nitrogens is 4. The first-order valence-corrected chi connectivity index (χ1v) is 8.36. The number of nitrogens with zero attached hydrogens (tertiary/aromatic N) is 4. The first kappa shape index (κ1) is 16.5. The molecule has 0 aromatic carbocycles. The van der Waals surface area contributed by atoms with E-state index in [1.165, 1.54) is 11.8 Å². The predicted molar refractivity (Wildman–Crippen MR) is 87.5 cm³/mol. The third-order valence-electron chi connectivity index (χ3n) is 3.46. The molecule has 0 atom stereocenters. The summed E-state index contributed by atoms with van der Waals surface area (Å²) >= 11 is 1.40. The fraction of sp³-hybridized carbons (Fsp3) is 0.467. The fourth-order valence-corrected chi connectivity index (χ4v) is 2.81. The van der Waals surface area contributed by atoms with Crippen LogP contribution in [0.3, 0.4) is 0 Å². The Morgan fingerprint density at radius 1 is 1.27 bits per heavy atom. The zero-order valence-electron chi connectivity index (χ0n) is 13.1. The number of carbonyl (C=O) groups is 1. The summed E-state index contributed by atoms with van der Waals surface area (Å²) in [4.78, 5) is 15.9. The molecule has 0 unspecified atom stereocenters. The van der Waals surface area contributed by atoms with Crippen molar-refractivity contribution in [2.75, 3.05) is 5.75 Å². The van der Waals surface area contributed by atoms with Crippen LogP contribution in [0.5, 0.6) is 0 Å². The molecule has 0 saturated carbocycles. The minimum atomic E-state index is 0.0344. The molecule has 0 bridgehead atoms. The first-order chi connectivity index (χ1) is 10.7. The normalized spacial score (nSPS) is 10.9. The lowest BCUT2D eigenvalue weighted by Gasteiger charge is -2.14. The molecule has 0 aliphatic carbocycles. The van der Waals surface area contributed by atoms with E-state index in [1.807, 2.05) is 23.7 Å². The summed E-state index contributed by atoms with van der Waals surface area (Å²) in [6.45, 7) is 4.15. The van der Waals surface area contributed by atoms with Crippen molar-refractivity contribution in [2.45, 2.75) is 37.9 Å². The minimum absolute atomic E-state index is 0.0344. The van der Waals surface area contributed by atoms with E-state index in [1.54, 1.807) is 12.4 Å². The molecule has 0 aliphatic rings. The molecule has 22 heavy (non-hydrogen) atoms. The average Bonchev–Trinajstić information content (AvgIpc) is 2.92. The van der Waals surface area contributed by atoms with E-state index < -0.39 is 0 Å². The quantitative estimate of drug-likeness (QED) is 0.793. The molecule has 0 radical (unpaired) electrons. The average molecular weight is 319 g/mol. The molecule has 0 saturated heterocycles. The summed E-state index contributed by atoms with van der Waals surface area (Å²) in [5, 5.41) is 12.1. The van der Waals surface area contributed by atoms with Gasteiger partial charge in [0, 0.05) is 31.0 Å². The molecule has 2 heterocycles. The Morgan fingerprint density at radius 2 is 1.95 bits per heavy atom. The van der Waals surface area contributed by atoms with E-state index in [4.69, 9.17) is 0 Å². The molecule has 1 amide bonds. The van der Waals surface area contributed by atoms with Gasteiger partial charge in [-0.05, 0) is 25.0 Å². The Labute approximate surface area is 134 Å². The molecular weight excluding hydrogens is 298 g/mol. The van der Waals surface area contributed by atoms with Crippen LogP contribution < -0.4 is 5.32 Å². The molecule has 7 heteroatoms. The predicted octanol–water partition coefficient (Wildman–Crippen LogP) is 2.27. The van der Waals surface area contributed by atoms with Gasteiger partial charge >= 0.3 is 0 Å². The Hall–Kier alpha value is -1.89. The number of hydrogen-bond acceptors (Lipinski definition) is 5. The Kier molecular flexibility index (Phi) is 5.94. The van der Waals surface area contributed by atoms with Gasteiger partial charge in [-0.25, -0.2) is 0 Å². The van der Waals surface area contributed by atoms with Crippen LogP contribution in [-0.4, -0.2) is 37.5 Å². The molecular formula is C15H21N5OS. The third kappa shape index (κ3) is 4.07. The van der Waals surface area contributed by atoms with E-state index in [9.17, 15) is 4.79 Å². The van der Waals surface area contributed by atoms with Crippen molar-refractivity contribution in [2.24, 2.45) is 7.05 Å². The van der Waals surface area contributed by atoms with Gasteiger partial charge in [0.2, 0.25) is 5.91 Å². The molecule has 0 fully saturated rings. The lowest BCUT2D eigenvalue weighted by molar-refractivity contribution is -0.119. The molecule has 2 aromatic heterocycles. The Morgan fingerprint density at radius 3 is 2.59 bits per heavy atom. The summed E-state index contributed by atoms with van der Waals surface area (Å²) in [5.41, 5.74) is 0.957. The number of thioether (sulfide) groups is 1. The monoisotopic (exact) mass is 319 g/mol. The van der Waals surface area contributed by atoms with Crippen LogP contribution >= 0.6 is 11.8 Å². The number of carbonyl (C=O) groups excluding carboxylic acids is 1. The van der Waals surface area contributed by atoms with Crippen LogP contribution in [0.25, 0.3) is 11.4 Å². The smallest absolute Gasteiger partial charge is 0.230 e. The highest BCUT2D eigenvalue weighted by atomic mass is 32.2. The molecule has 2 rings (SSSR count). The van der Waals surface area contributed by atoms with Crippen molar-refractivity contribution >= 4 is 17.7 Å². The maximum atomic E-state index is 11.9. The van der Waals surface area contributed by atoms with Gasteiger partial charge < -0.3 is 9.88 Å². The third-order valence-corrected chi connectivity index (χ3v) is 4.48. The second-order valence-corrected chi connectivity index (χ2v) is 5.91. The maximum absolute atomic E-state index is 11.9. The van der Waals surface area contributed by atoms with Crippen molar-refractivity contribution in [3.8, 4) is 11.4 Å². The summed E-state index contributed by atoms with van der Waals surface area (Å²) in [7, 11) is 1.90. The molecule has 1 N–H and O–H groups in total. The first-order valence-electron chi connectivity index (χ1n) is 7.37. The van der Waals surface area contributed by atoms with Gasteiger partial charge in [0.05, 0.1) is 5.75 Å². The van der Waals surface area contributed by atoms with Crippen LogP contribution in [-0.2, 0) is 11.8 Å². The highest BCUT2D eigenvalue weighted by molar-refractivity contribution is 7.99. The van der Waals surface area contributed by atoms with Crippen molar-refractivity contribution in [3.63, 3.8) is 0 Å². The standard InChI is InChI=1S/C15H21N5OS/c1-4-12(5-2)17-13(21)10-22-15-19-18-14(20(15)3)11-6-8-16-9-7-11/h6-9,12H,4-5,10H2,1-3H3,(H,17,21). The second-order valence-electron chi connectivity index (χ2n) is 4.97. The zero-order valence-corrected chi connectivity index (χ0v) is 13.9. The van der Waals surface area contributed by atoms with Gasteiger partial charge in [-0.2, -0.15) is 0 Å². The van der Waals surface area contributed by atoms with Gasteiger partial charge in [-0.3, -0.25) is 9.78 Å². The van der Waals surface area contributed by atoms with E-state index in [-0.39, 0.29) is 11.9 Å². The number of nitrogens with one attached hydrogen (secondary N) is 1. The number of rotatable bonds is 7. The summed E-state index contributed by atoms with van der Waals surface area (Å²) in [6, 6.07) is 4.02. The lowest BCUT2D eigenvalue weighted by Crippen LogP contribution is -2.35. The minimum Gasteiger partial charge on any atom is -0.353 e. The van der Waals surface area contributed by atoms with E-state index in [0.29, 0.717) is 5.75 Å². The van der Waals surface area contributed by atoms with E-state index in [0.717, 1.165) is 29.4 Å². The van der Waals surface area contributed by atoms with Gasteiger partial charge in [0.25, 0.3) is 0 Å².